The molecule has 3 heteroatoms. The van der Waals surface area contributed by atoms with E-state index in [1.807, 2.05) is 12.1 Å². The van der Waals surface area contributed by atoms with Gasteiger partial charge < -0.3 is 10.0 Å². The van der Waals surface area contributed by atoms with Gasteiger partial charge >= 0.3 is 5.97 Å². The van der Waals surface area contributed by atoms with Crippen LogP contribution in [0.4, 0.5) is 5.69 Å². The van der Waals surface area contributed by atoms with Crippen molar-refractivity contribution in [2.45, 2.75) is 65.2 Å². The van der Waals surface area contributed by atoms with Gasteiger partial charge in [-0.25, -0.2) is 0 Å². The third kappa shape index (κ3) is 7.48. The van der Waals surface area contributed by atoms with Gasteiger partial charge in [0.05, 0.1) is 6.42 Å². The molecule has 1 aromatic carbocycles. The number of benzene rings is 1. The maximum atomic E-state index is 10.9. The van der Waals surface area contributed by atoms with Crippen LogP contribution in [0.3, 0.4) is 0 Å². The number of carboxylic acids is 1. The third-order valence-electron chi connectivity index (χ3n) is 4.08. The molecule has 0 aliphatic rings. The van der Waals surface area contributed by atoms with E-state index in [1.165, 1.54) is 49.8 Å². The third-order valence-corrected chi connectivity index (χ3v) is 4.08. The summed E-state index contributed by atoms with van der Waals surface area (Å²) < 4.78 is 0. The van der Waals surface area contributed by atoms with Gasteiger partial charge in [0.25, 0.3) is 0 Å². The Morgan fingerprint density at radius 3 is 2.27 bits per heavy atom. The Morgan fingerprint density at radius 1 is 1.00 bits per heavy atom. The minimum Gasteiger partial charge on any atom is -0.481 e. The first kappa shape index (κ1) is 18.5. The highest BCUT2D eigenvalue weighted by molar-refractivity contribution is 5.68. The van der Waals surface area contributed by atoms with Crippen LogP contribution in [0.15, 0.2) is 24.3 Å². The number of carbonyl (C=O) groups is 1. The topological polar surface area (TPSA) is 40.5 Å². The van der Waals surface area contributed by atoms with Crippen LogP contribution in [0, 0.1) is 6.92 Å². The maximum absolute atomic E-state index is 10.9. The zero-order chi connectivity index (χ0) is 16.2. The number of unbranched alkanes of at least 4 members (excludes halogenated alkanes) is 6. The molecule has 1 rings (SSSR count). The molecule has 0 bridgehead atoms. The lowest BCUT2D eigenvalue weighted by Gasteiger charge is -2.26. The molecule has 0 aliphatic heterocycles. The summed E-state index contributed by atoms with van der Waals surface area (Å²) in [6.07, 6.45) is 9.17. The van der Waals surface area contributed by atoms with Crippen molar-refractivity contribution >= 4 is 11.7 Å². The number of anilines is 1. The summed E-state index contributed by atoms with van der Waals surface area (Å²) in [5, 5.41) is 8.94. The van der Waals surface area contributed by atoms with E-state index in [-0.39, 0.29) is 6.42 Å². The summed E-state index contributed by atoms with van der Waals surface area (Å²) >= 11 is 0. The predicted molar refractivity (Wildman–Crippen MR) is 93.6 cm³/mol. The molecule has 0 atom stereocenters. The highest BCUT2D eigenvalue weighted by atomic mass is 16.4. The molecule has 0 aromatic heterocycles. The molecule has 3 nitrogen and oxygen atoms in total. The molecule has 0 spiro atoms. The summed E-state index contributed by atoms with van der Waals surface area (Å²) in [5.74, 6) is -0.724. The summed E-state index contributed by atoms with van der Waals surface area (Å²) in [5.41, 5.74) is 2.39. The molecule has 124 valence electrons. The first-order valence-corrected chi connectivity index (χ1v) is 8.67. The largest absolute Gasteiger partial charge is 0.481 e. The van der Waals surface area contributed by atoms with Crippen molar-refractivity contribution in [1.29, 1.82) is 0 Å². The SMILES string of the molecule is CCCCCCCCCN(CCC(=O)O)c1ccccc1C. The molecule has 0 amide bonds. The van der Waals surface area contributed by atoms with Crippen LogP contribution in [-0.4, -0.2) is 24.2 Å². The van der Waals surface area contributed by atoms with Crippen molar-refractivity contribution < 1.29 is 9.90 Å². The van der Waals surface area contributed by atoms with Crippen molar-refractivity contribution in [3.8, 4) is 0 Å². The summed E-state index contributed by atoms with van der Waals surface area (Å²) in [6, 6.07) is 8.25. The van der Waals surface area contributed by atoms with Crippen molar-refractivity contribution in [2.75, 3.05) is 18.0 Å². The Labute approximate surface area is 135 Å². The predicted octanol–water partition coefficient (Wildman–Crippen LogP) is 5.03. The first-order valence-electron chi connectivity index (χ1n) is 8.67. The molecule has 1 N–H and O–H groups in total. The average Bonchev–Trinajstić information content (AvgIpc) is 2.50. The first-order chi connectivity index (χ1) is 10.6. The van der Waals surface area contributed by atoms with E-state index in [1.54, 1.807) is 0 Å². The van der Waals surface area contributed by atoms with E-state index in [9.17, 15) is 4.79 Å². The number of carboxylic acid groups (broad SMARTS) is 1. The molecule has 0 aliphatic carbocycles. The molecular weight excluding hydrogens is 274 g/mol. The minimum absolute atomic E-state index is 0.199. The van der Waals surface area contributed by atoms with Crippen molar-refractivity contribution in [2.24, 2.45) is 0 Å². The van der Waals surface area contributed by atoms with Gasteiger partial charge in [0, 0.05) is 18.8 Å². The van der Waals surface area contributed by atoms with Crippen LogP contribution in [0.5, 0.6) is 0 Å². The Balaban J connectivity index is 2.42. The Bertz CT molecular complexity index is 431. The van der Waals surface area contributed by atoms with Crippen LogP contribution >= 0.6 is 0 Å². The van der Waals surface area contributed by atoms with E-state index in [0.717, 1.165) is 13.0 Å². The summed E-state index contributed by atoms with van der Waals surface area (Å²) in [6.45, 7) is 5.87. The van der Waals surface area contributed by atoms with Crippen LogP contribution in [-0.2, 0) is 4.79 Å². The van der Waals surface area contributed by atoms with Crippen molar-refractivity contribution in [3.63, 3.8) is 0 Å². The van der Waals surface area contributed by atoms with Crippen LogP contribution in [0.2, 0.25) is 0 Å². The number of aryl methyl sites for hydroxylation is 1. The molecule has 0 saturated heterocycles. The Morgan fingerprint density at radius 2 is 1.64 bits per heavy atom. The summed E-state index contributed by atoms with van der Waals surface area (Å²) in [7, 11) is 0. The molecule has 0 unspecified atom stereocenters. The van der Waals surface area contributed by atoms with Crippen molar-refractivity contribution in [1.82, 2.24) is 0 Å². The molecule has 0 saturated carbocycles. The highest BCUT2D eigenvalue weighted by Gasteiger charge is 2.10. The maximum Gasteiger partial charge on any atom is 0.305 e. The van der Waals surface area contributed by atoms with Crippen LogP contribution < -0.4 is 4.90 Å². The fourth-order valence-electron chi connectivity index (χ4n) is 2.76. The molecule has 0 fully saturated rings. The molecular formula is C19H31NO2. The van der Waals surface area contributed by atoms with Gasteiger partial charge in [-0.1, -0.05) is 63.6 Å². The highest BCUT2D eigenvalue weighted by Crippen LogP contribution is 2.20. The zero-order valence-electron chi connectivity index (χ0n) is 14.2. The number of hydrogen-bond donors (Lipinski definition) is 1. The second kappa shape index (κ2) is 11.1. The monoisotopic (exact) mass is 305 g/mol. The lowest BCUT2D eigenvalue weighted by Crippen LogP contribution is -2.28. The number of para-hydroxylation sites is 1. The normalized spacial score (nSPS) is 10.6. The van der Waals surface area contributed by atoms with Gasteiger partial charge in [-0.15, -0.1) is 0 Å². The number of nitrogens with zero attached hydrogens (tertiary/aromatic N) is 1. The lowest BCUT2D eigenvalue weighted by molar-refractivity contribution is -0.136. The molecule has 22 heavy (non-hydrogen) atoms. The smallest absolute Gasteiger partial charge is 0.305 e. The number of hydrogen-bond acceptors (Lipinski definition) is 2. The van der Waals surface area contributed by atoms with Crippen LogP contribution in [0.25, 0.3) is 0 Å². The molecule has 1 aromatic rings. The van der Waals surface area contributed by atoms with E-state index < -0.39 is 5.97 Å². The van der Waals surface area contributed by atoms with Gasteiger partial charge in [-0.05, 0) is 25.0 Å². The van der Waals surface area contributed by atoms with Crippen molar-refractivity contribution in [3.05, 3.63) is 29.8 Å². The molecule has 0 radical (unpaired) electrons. The van der Waals surface area contributed by atoms with Gasteiger partial charge in [0.15, 0.2) is 0 Å². The van der Waals surface area contributed by atoms with Gasteiger partial charge in [0.2, 0.25) is 0 Å². The zero-order valence-corrected chi connectivity index (χ0v) is 14.2. The fourth-order valence-corrected chi connectivity index (χ4v) is 2.76. The van der Waals surface area contributed by atoms with E-state index in [2.05, 4.69) is 30.9 Å². The van der Waals surface area contributed by atoms with Gasteiger partial charge in [0.1, 0.15) is 0 Å². The second-order valence-corrected chi connectivity index (χ2v) is 6.04. The van der Waals surface area contributed by atoms with Crippen LogP contribution in [0.1, 0.15) is 63.9 Å². The number of rotatable bonds is 12. The van der Waals surface area contributed by atoms with Gasteiger partial charge in [-0.2, -0.15) is 0 Å². The van der Waals surface area contributed by atoms with E-state index in [0.29, 0.717) is 6.54 Å². The van der Waals surface area contributed by atoms with E-state index in [4.69, 9.17) is 5.11 Å². The Kier molecular flexibility index (Phi) is 9.36. The lowest BCUT2D eigenvalue weighted by atomic mass is 10.1. The minimum atomic E-state index is -0.724. The fraction of sp³-hybridized carbons (Fsp3) is 0.632. The summed E-state index contributed by atoms with van der Waals surface area (Å²) in [4.78, 5) is 13.1. The van der Waals surface area contributed by atoms with E-state index >= 15 is 0 Å². The second-order valence-electron chi connectivity index (χ2n) is 6.04. The molecule has 0 heterocycles. The standard InChI is InChI=1S/C19H31NO2/c1-3-4-5-6-7-8-11-15-20(16-14-19(21)22)18-13-10-9-12-17(18)2/h9-10,12-13H,3-8,11,14-16H2,1-2H3,(H,21,22). The quantitative estimate of drug-likeness (QED) is 0.551. The Hall–Kier alpha value is -1.51. The number of aliphatic carboxylic acids is 1. The van der Waals surface area contributed by atoms with Gasteiger partial charge in [-0.3, -0.25) is 4.79 Å². The average molecular weight is 305 g/mol.